The van der Waals surface area contributed by atoms with Gasteiger partial charge in [0.1, 0.15) is 0 Å². The molecule has 132 valence electrons. The number of hydrazone groups is 1. The van der Waals surface area contributed by atoms with Crippen LogP contribution in [0.4, 0.5) is 0 Å². The highest BCUT2D eigenvalue weighted by Crippen LogP contribution is 2.38. The van der Waals surface area contributed by atoms with Gasteiger partial charge in [0.05, 0.1) is 27.5 Å². The maximum atomic E-state index is 12.2. The molecule has 0 radical (unpaired) electrons. The third kappa shape index (κ3) is 3.92. The van der Waals surface area contributed by atoms with Crippen LogP contribution in [0.2, 0.25) is 0 Å². The summed E-state index contributed by atoms with van der Waals surface area (Å²) in [6.07, 6.45) is 1.21. The first-order chi connectivity index (χ1) is 12.0. The van der Waals surface area contributed by atoms with Gasteiger partial charge in [-0.3, -0.25) is 4.79 Å². The first kappa shape index (κ1) is 17.9. The standard InChI is InChI=1S/C17H18N2O6/c1-23-13-7-11(8-14(24-2)16(13)25-3)17(22)19-18-9-10-5-4-6-12(20)15(10)21/h4-9,20-21H,1-3H3,(H,19,22)/b18-9+. The number of para-hydroxylation sites is 1. The van der Waals surface area contributed by atoms with Gasteiger partial charge in [0.25, 0.3) is 5.91 Å². The van der Waals surface area contributed by atoms with Gasteiger partial charge in [-0.2, -0.15) is 5.10 Å². The molecule has 0 heterocycles. The molecule has 0 aliphatic rings. The van der Waals surface area contributed by atoms with E-state index in [2.05, 4.69) is 10.5 Å². The lowest BCUT2D eigenvalue weighted by Gasteiger charge is -2.13. The van der Waals surface area contributed by atoms with E-state index < -0.39 is 5.91 Å². The average molecular weight is 346 g/mol. The van der Waals surface area contributed by atoms with Crippen LogP contribution in [0.1, 0.15) is 15.9 Å². The third-order valence-electron chi connectivity index (χ3n) is 3.34. The summed E-state index contributed by atoms with van der Waals surface area (Å²) in [5.41, 5.74) is 2.82. The molecule has 0 aromatic heterocycles. The number of benzene rings is 2. The Kier molecular flexibility index (Phi) is 5.67. The number of rotatable bonds is 6. The summed E-state index contributed by atoms with van der Waals surface area (Å²) in [4.78, 5) is 12.2. The molecule has 0 aliphatic heterocycles. The second kappa shape index (κ2) is 7.91. The molecule has 0 fully saturated rings. The van der Waals surface area contributed by atoms with Crippen LogP contribution in [-0.4, -0.2) is 43.7 Å². The molecule has 25 heavy (non-hydrogen) atoms. The Morgan fingerprint density at radius 1 is 1.08 bits per heavy atom. The first-order valence-corrected chi connectivity index (χ1v) is 7.16. The number of aromatic hydroxyl groups is 2. The number of nitrogens with zero attached hydrogens (tertiary/aromatic N) is 1. The van der Waals surface area contributed by atoms with Gasteiger partial charge in [-0.1, -0.05) is 6.07 Å². The second-order valence-electron chi connectivity index (χ2n) is 4.83. The third-order valence-corrected chi connectivity index (χ3v) is 3.34. The molecule has 0 aliphatic carbocycles. The number of carbonyl (C=O) groups excluding carboxylic acids is 1. The molecule has 2 aromatic carbocycles. The average Bonchev–Trinajstić information content (AvgIpc) is 2.63. The molecule has 0 spiro atoms. The summed E-state index contributed by atoms with van der Waals surface area (Å²) in [5, 5.41) is 22.9. The Labute approximate surface area is 144 Å². The minimum absolute atomic E-state index is 0.242. The van der Waals surface area contributed by atoms with E-state index in [0.717, 1.165) is 0 Å². The van der Waals surface area contributed by atoms with Crippen molar-refractivity contribution in [2.24, 2.45) is 5.10 Å². The fraction of sp³-hybridized carbons (Fsp3) is 0.176. The number of hydrogen-bond donors (Lipinski definition) is 3. The van der Waals surface area contributed by atoms with E-state index in [-0.39, 0.29) is 22.6 Å². The van der Waals surface area contributed by atoms with Gasteiger partial charge in [0.15, 0.2) is 23.0 Å². The fourth-order valence-electron chi connectivity index (χ4n) is 2.09. The van der Waals surface area contributed by atoms with Crippen LogP contribution in [-0.2, 0) is 0 Å². The minimum atomic E-state index is -0.518. The number of ether oxygens (including phenoxy) is 3. The number of amides is 1. The highest BCUT2D eigenvalue weighted by atomic mass is 16.5. The summed E-state index contributed by atoms with van der Waals surface area (Å²) in [7, 11) is 4.36. The van der Waals surface area contributed by atoms with Crippen molar-refractivity contribution in [1.82, 2.24) is 5.43 Å². The molecule has 0 atom stereocenters. The van der Waals surface area contributed by atoms with Crippen LogP contribution in [0, 0.1) is 0 Å². The van der Waals surface area contributed by atoms with Crippen LogP contribution in [0.25, 0.3) is 0 Å². The van der Waals surface area contributed by atoms with E-state index >= 15 is 0 Å². The Hall–Kier alpha value is -3.42. The molecule has 3 N–H and O–H groups in total. The second-order valence-corrected chi connectivity index (χ2v) is 4.83. The Balaban J connectivity index is 2.21. The summed E-state index contributed by atoms with van der Waals surface area (Å²) in [6.45, 7) is 0. The SMILES string of the molecule is COc1cc(C(=O)N/N=C/c2cccc(O)c2O)cc(OC)c1OC. The fourth-order valence-corrected chi connectivity index (χ4v) is 2.09. The molecular weight excluding hydrogens is 328 g/mol. The lowest BCUT2D eigenvalue weighted by Crippen LogP contribution is -2.18. The zero-order chi connectivity index (χ0) is 18.4. The first-order valence-electron chi connectivity index (χ1n) is 7.16. The van der Waals surface area contributed by atoms with Crippen LogP contribution >= 0.6 is 0 Å². The van der Waals surface area contributed by atoms with Crippen LogP contribution < -0.4 is 19.6 Å². The van der Waals surface area contributed by atoms with Gasteiger partial charge in [-0.05, 0) is 24.3 Å². The molecule has 0 bridgehead atoms. The van der Waals surface area contributed by atoms with Crippen molar-refractivity contribution >= 4 is 12.1 Å². The van der Waals surface area contributed by atoms with Gasteiger partial charge in [-0.25, -0.2) is 5.43 Å². The number of methoxy groups -OCH3 is 3. The molecule has 2 aromatic rings. The van der Waals surface area contributed by atoms with Crippen molar-refractivity contribution in [1.29, 1.82) is 0 Å². The maximum absolute atomic E-state index is 12.2. The topological polar surface area (TPSA) is 110 Å². The zero-order valence-electron chi connectivity index (χ0n) is 13.9. The largest absolute Gasteiger partial charge is 0.504 e. The highest BCUT2D eigenvalue weighted by molar-refractivity contribution is 5.96. The van der Waals surface area contributed by atoms with Crippen molar-refractivity contribution in [2.75, 3.05) is 21.3 Å². The van der Waals surface area contributed by atoms with E-state index in [1.165, 1.54) is 57.9 Å². The number of hydrogen-bond acceptors (Lipinski definition) is 7. The Morgan fingerprint density at radius 2 is 1.72 bits per heavy atom. The molecule has 0 saturated heterocycles. The van der Waals surface area contributed by atoms with E-state index in [9.17, 15) is 15.0 Å². The number of phenols is 2. The molecule has 1 amide bonds. The predicted molar refractivity (Wildman–Crippen MR) is 90.9 cm³/mol. The lowest BCUT2D eigenvalue weighted by molar-refractivity contribution is 0.0954. The molecule has 0 unspecified atom stereocenters. The molecule has 8 heteroatoms. The normalized spacial score (nSPS) is 10.5. The molecule has 8 nitrogen and oxygen atoms in total. The quantitative estimate of drug-likeness (QED) is 0.419. The van der Waals surface area contributed by atoms with Gasteiger partial charge in [0, 0.05) is 11.1 Å². The minimum Gasteiger partial charge on any atom is -0.504 e. The summed E-state index contributed by atoms with van der Waals surface area (Å²) >= 11 is 0. The number of carbonyl (C=O) groups is 1. The number of nitrogens with one attached hydrogen (secondary N) is 1. The van der Waals surface area contributed by atoms with E-state index in [1.54, 1.807) is 0 Å². The van der Waals surface area contributed by atoms with Gasteiger partial charge in [-0.15, -0.1) is 0 Å². The lowest BCUT2D eigenvalue weighted by atomic mass is 10.1. The zero-order valence-corrected chi connectivity index (χ0v) is 13.9. The monoisotopic (exact) mass is 346 g/mol. The van der Waals surface area contributed by atoms with Gasteiger partial charge < -0.3 is 24.4 Å². The smallest absolute Gasteiger partial charge is 0.271 e. The van der Waals surface area contributed by atoms with Crippen molar-refractivity contribution in [2.45, 2.75) is 0 Å². The van der Waals surface area contributed by atoms with Crippen molar-refractivity contribution in [3.05, 3.63) is 41.5 Å². The Bertz CT molecular complexity index is 779. The van der Waals surface area contributed by atoms with Gasteiger partial charge in [0.2, 0.25) is 5.75 Å². The van der Waals surface area contributed by atoms with Crippen LogP contribution in [0.15, 0.2) is 35.4 Å². The van der Waals surface area contributed by atoms with Crippen molar-refractivity contribution in [3.8, 4) is 28.7 Å². The molecular formula is C17H18N2O6. The van der Waals surface area contributed by atoms with Gasteiger partial charge >= 0.3 is 0 Å². The van der Waals surface area contributed by atoms with Crippen LogP contribution in [0.3, 0.4) is 0 Å². The Morgan fingerprint density at radius 3 is 2.28 bits per heavy atom. The van der Waals surface area contributed by atoms with Crippen molar-refractivity contribution in [3.63, 3.8) is 0 Å². The number of phenolic OH excluding ortho intramolecular Hbond substituents is 2. The van der Waals surface area contributed by atoms with E-state index in [0.29, 0.717) is 17.2 Å². The molecule has 2 rings (SSSR count). The van der Waals surface area contributed by atoms with E-state index in [4.69, 9.17) is 14.2 Å². The predicted octanol–water partition coefficient (Wildman–Crippen LogP) is 1.89. The molecule has 0 saturated carbocycles. The van der Waals surface area contributed by atoms with Crippen LogP contribution in [0.5, 0.6) is 28.7 Å². The summed E-state index contributed by atoms with van der Waals surface area (Å²) in [6, 6.07) is 7.37. The highest BCUT2D eigenvalue weighted by Gasteiger charge is 2.16. The summed E-state index contributed by atoms with van der Waals surface area (Å²) in [5.74, 6) is -0.0821. The summed E-state index contributed by atoms with van der Waals surface area (Å²) < 4.78 is 15.6. The van der Waals surface area contributed by atoms with Crippen molar-refractivity contribution < 1.29 is 29.2 Å². The van der Waals surface area contributed by atoms with E-state index in [1.807, 2.05) is 0 Å². The maximum Gasteiger partial charge on any atom is 0.271 e.